The van der Waals surface area contributed by atoms with Crippen LogP contribution in [0.4, 0.5) is 5.69 Å². The highest BCUT2D eigenvalue weighted by Crippen LogP contribution is 2.18. The van der Waals surface area contributed by atoms with Crippen molar-refractivity contribution in [3.05, 3.63) is 79.2 Å². The molecule has 6 nitrogen and oxygen atoms in total. The first-order valence-corrected chi connectivity index (χ1v) is 7.24. The van der Waals surface area contributed by atoms with E-state index in [1.54, 1.807) is 24.3 Å². The first-order chi connectivity index (χ1) is 10.6. The number of rotatable bonds is 3. The molecule has 0 N–H and O–H groups in total. The van der Waals surface area contributed by atoms with Crippen LogP contribution in [0.3, 0.4) is 0 Å². The van der Waals surface area contributed by atoms with E-state index in [0.717, 1.165) is 10.9 Å². The van der Waals surface area contributed by atoms with Crippen molar-refractivity contribution in [2.75, 3.05) is 0 Å². The molecule has 0 amide bonds. The highest BCUT2D eigenvalue weighted by atomic mass is 79.9. The maximum absolute atomic E-state index is 12.4. The molecule has 0 aliphatic rings. The second-order valence-electron chi connectivity index (χ2n) is 4.72. The maximum Gasteiger partial charge on any atom is 0.275 e. The zero-order valence-electron chi connectivity index (χ0n) is 11.3. The Kier molecular flexibility index (Phi) is 3.72. The average Bonchev–Trinajstić information content (AvgIpc) is 2.53. The molecule has 0 fully saturated rings. The molecule has 1 aromatic heterocycles. The van der Waals surface area contributed by atoms with Crippen LogP contribution >= 0.6 is 15.9 Å². The number of hydrogen-bond acceptors (Lipinski definition) is 4. The predicted molar refractivity (Wildman–Crippen MR) is 85.9 cm³/mol. The molecule has 110 valence electrons. The van der Waals surface area contributed by atoms with Gasteiger partial charge in [-0.25, -0.2) is 4.68 Å². The molecule has 2 aromatic carbocycles. The van der Waals surface area contributed by atoms with Crippen LogP contribution in [0.2, 0.25) is 0 Å². The first-order valence-electron chi connectivity index (χ1n) is 6.45. The lowest BCUT2D eigenvalue weighted by atomic mass is 10.2. The molecule has 0 radical (unpaired) electrons. The van der Waals surface area contributed by atoms with Crippen LogP contribution in [0.1, 0.15) is 5.56 Å². The molecule has 0 atom stereocenters. The zero-order chi connectivity index (χ0) is 15.7. The number of fused-ring (bicyclic) bond motifs is 1. The third-order valence-corrected chi connectivity index (χ3v) is 3.89. The van der Waals surface area contributed by atoms with Crippen molar-refractivity contribution >= 4 is 32.4 Å². The fourth-order valence-electron chi connectivity index (χ4n) is 2.20. The van der Waals surface area contributed by atoms with E-state index < -0.39 is 4.92 Å². The van der Waals surface area contributed by atoms with E-state index in [1.165, 1.54) is 16.8 Å². The second kappa shape index (κ2) is 5.69. The first kappa shape index (κ1) is 14.4. The summed E-state index contributed by atoms with van der Waals surface area (Å²) in [4.78, 5) is 22.6. The summed E-state index contributed by atoms with van der Waals surface area (Å²) < 4.78 is 1.93. The molecule has 3 aromatic rings. The van der Waals surface area contributed by atoms with E-state index in [9.17, 15) is 14.9 Å². The van der Waals surface area contributed by atoms with Gasteiger partial charge in [0, 0.05) is 17.5 Å². The molecule has 7 heteroatoms. The molecule has 0 saturated carbocycles. The summed E-state index contributed by atoms with van der Waals surface area (Å²) >= 11 is 3.37. The Hall–Kier alpha value is -2.54. The quantitative estimate of drug-likeness (QED) is 0.531. The minimum absolute atomic E-state index is 0.0174. The summed E-state index contributed by atoms with van der Waals surface area (Å²) in [6, 6.07) is 13.3. The topological polar surface area (TPSA) is 78.0 Å². The average molecular weight is 360 g/mol. The van der Waals surface area contributed by atoms with Gasteiger partial charge in [0.1, 0.15) is 4.60 Å². The molecule has 0 unspecified atom stereocenters. The van der Waals surface area contributed by atoms with Crippen molar-refractivity contribution < 1.29 is 4.92 Å². The van der Waals surface area contributed by atoms with Crippen molar-refractivity contribution in [1.82, 2.24) is 9.78 Å². The third kappa shape index (κ3) is 2.62. The summed E-state index contributed by atoms with van der Waals surface area (Å²) in [5.41, 5.74) is 0.586. The Bertz CT molecular complexity index is 919. The standard InChI is InChI=1S/C15H10BrN3O3/c16-14-12-3-1-2-4-13(12)15(20)18(17-14)9-10-5-7-11(8-6-10)19(21)22/h1-8H,9H2. The predicted octanol–water partition coefficient (Wildman–Crippen LogP) is 3.12. The number of benzene rings is 2. The summed E-state index contributed by atoms with van der Waals surface area (Å²) in [6.07, 6.45) is 0. The fourth-order valence-corrected chi connectivity index (χ4v) is 2.73. The summed E-state index contributed by atoms with van der Waals surface area (Å²) in [7, 11) is 0. The molecular formula is C15H10BrN3O3. The molecular weight excluding hydrogens is 350 g/mol. The SMILES string of the molecule is O=c1c2ccccc2c(Br)nn1Cc1ccc([N+](=O)[O-])cc1. The lowest BCUT2D eigenvalue weighted by Crippen LogP contribution is -2.23. The normalized spacial score (nSPS) is 10.8. The van der Waals surface area contributed by atoms with E-state index in [0.29, 0.717) is 9.99 Å². The summed E-state index contributed by atoms with van der Waals surface area (Å²) in [5, 5.41) is 16.2. The lowest BCUT2D eigenvalue weighted by molar-refractivity contribution is -0.384. The van der Waals surface area contributed by atoms with Gasteiger partial charge in [-0.05, 0) is 27.6 Å². The Labute approximate surface area is 133 Å². The molecule has 0 spiro atoms. The van der Waals surface area contributed by atoms with Crippen LogP contribution in [0.5, 0.6) is 0 Å². The zero-order valence-corrected chi connectivity index (χ0v) is 12.9. The van der Waals surface area contributed by atoms with Gasteiger partial charge < -0.3 is 0 Å². The number of nitrogens with zero attached hydrogens (tertiary/aromatic N) is 3. The fraction of sp³-hybridized carbons (Fsp3) is 0.0667. The van der Waals surface area contributed by atoms with E-state index in [-0.39, 0.29) is 17.8 Å². The van der Waals surface area contributed by atoms with Crippen molar-refractivity contribution in [2.45, 2.75) is 6.54 Å². The van der Waals surface area contributed by atoms with Gasteiger partial charge in [0.15, 0.2) is 0 Å². The van der Waals surface area contributed by atoms with Crippen molar-refractivity contribution in [3.8, 4) is 0 Å². The van der Waals surface area contributed by atoms with Crippen LogP contribution < -0.4 is 5.56 Å². The van der Waals surface area contributed by atoms with Crippen molar-refractivity contribution in [1.29, 1.82) is 0 Å². The van der Waals surface area contributed by atoms with Crippen molar-refractivity contribution in [2.24, 2.45) is 0 Å². The van der Waals surface area contributed by atoms with E-state index in [4.69, 9.17) is 0 Å². The number of nitro benzene ring substituents is 1. The largest absolute Gasteiger partial charge is 0.275 e. The van der Waals surface area contributed by atoms with Gasteiger partial charge in [-0.2, -0.15) is 5.10 Å². The minimum Gasteiger partial charge on any atom is -0.267 e. The van der Waals surface area contributed by atoms with Crippen LogP contribution in [-0.2, 0) is 6.54 Å². The summed E-state index contributed by atoms with van der Waals surface area (Å²) in [6.45, 7) is 0.250. The molecule has 3 rings (SSSR count). The Balaban J connectivity index is 2.02. The summed E-state index contributed by atoms with van der Waals surface area (Å²) in [5.74, 6) is 0. The highest BCUT2D eigenvalue weighted by molar-refractivity contribution is 9.10. The lowest BCUT2D eigenvalue weighted by Gasteiger charge is -2.08. The van der Waals surface area contributed by atoms with Crippen LogP contribution in [-0.4, -0.2) is 14.7 Å². The Morgan fingerprint density at radius 2 is 1.73 bits per heavy atom. The Morgan fingerprint density at radius 1 is 1.09 bits per heavy atom. The van der Waals surface area contributed by atoms with Gasteiger partial charge in [-0.15, -0.1) is 0 Å². The van der Waals surface area contributed by atoms with Crippen LogP contribution in [0.15, 0.2) is 57.9 Å². The van der Waals surface area contributed by atoms with Gasteiger partial charge in [0.2, 0.25) is 0 Å². The second-order valence-corrected chi connectivity index (χ2v) is 5.47. The number of hydrogen-bond donors (Lipinski definition) is 0. The minimum atomic E-state index is -0.458. The van der Waals surface area contributed by atoms with E-state index >= 15 is 0 Å². The molecule has 0 aliphatic carbocycles. The number of nitro groups is 1. The van der Waals surface area contributed by atoms with E-state index in [2.05, 4.69) is 21.0 Å². The monoisotopic (exact) mass is 359 g/mol. The van der Waals surface area contributed by atoms with Crippen LogP contribution in [0.25, 0.3) is 10.8 Å². The van der Waals surface area contributed by atoms with Crippen molar-refractivity contribution in [3.63, 3.8) is 0 Å². The molecule has 0 aliphatic heterocycles. The number of aromatic nitrogens is 2. The number of halogens is 1. The van der Waals surface area contributed by atoms with Crippen LogP contribution in [0, 0.1) is 10.1 Å². The molecule has 0 saturated heterocycles. The molecule has 1 heterocycles. The molecule has 22 heavy (non-hydrogen) atoms. The van der Waals surface area contributed by atoms with Gasteiger partial charge in [0.25, 0.3) is 11.2 Å². The highest BCUT2D eigenvalue weighted by Gasteiger charge is 2.10. The Morgan fingerprint density at radius 3 is 2.36 bits per heavy atom. The van der Waals surface area contributed by atoms with Gasteiger partial charge in [-0.3, -0.25) is 14.9 Å². The number of non-ortho nitro benzene ring substituents is 1. The smallest absolute Gasteiger partial charge is 0.267 e. The van der Waals surface area contributed by atoms with Gasteiger partial charge in [0.05, 0.1) is 16.9 Å². The third-order valence-electron chi connectivity index (χ3n) is 3.30. The maximum atomic E-state index is 12.4. The van der Waals surface area contributed by atoms with Gasteiger partial charge >= 0.3 is 0 Å². The van der Waals surface area contributed by atoms with E-state index in [1.807, 2.05) is 12.1 Å². The van der Waals surface area contributed by atoms with Gasteiger partial charge in [-0.1, -0.05) is 30.3 Å². The molecule has 0 bridgehead atoms.